The van der Waals surface area contributed by atoms with E-state index in [1.54, 1.807) is 10.6 Å². The molecule has 0 bridgehead atoms. The SMILES string of the molecule is CC=C(CC)Oc1c(OCC(C)CCC)c(=O)n(CCCC)c2cc([N+](=O)[O-])ccc12. The Morgan fingerprint density at radius 3 is 2.55 bits per heavy atom. The molecule has 1 heterocycles. The maximum absolute atomic E-state index is 13.5. The number of nitro benzene ring substituents is 1. The van der Waals surface area contributed by atoms with Crippen molar-refractivity contribution >= 4 is 16.6 Å². The van der Waals surface area contributed by atoms with Gasteiger partial charge in [0.1, 0.15) is 0 Å². The fourth-order valence-corrected chi connectivity index (χ4v) is 3.54. The average Bonchev–Trinajstić information content (AvgIpc) is 2.76. The zero-order valence-electron chi connectivity index (χ0n) is 19.3. The molecule has 0 radical (unpaired) electrons. The lowest BCUT2D eigenvalue weighted by Gasteiger charge is -2.20. The molecule has 0 spiro atoms. The molecule has 0 saturated carbocycles. The number of benzene rings is 1. The van der Waals surface area contributed by atoms with Crippen molar-refractivity contribution in [2.24, 2.45) is 5.92 Å². The van der Waals surface area contributed by atoms with E-state index in [2.05, 4.69) is 13.8 Å². The van der Waals surface area contributed by atoms with Crippen LogP contribution in [0.2, 0.25) is 0 Å². The number of ether oxygens (including phenoxy) is 2. The van der Waals surface area contributed by atoms with E-state index < -0.39 is 4.92 Å². The van der Waals surface area contributed by atoms with Crippen LogP contribution in [0.5, 0.6) is 11.5 Å². The highest BCUT2D eigenvalue weighted by Gasteiger charge is 2.23. The molecule has 0 aliphatic heterocycles. The van der Waals surface area contributed by atoms with E-state index in [0.717, 1.165) is 25.7 Å². The molecule has 0 amide bonds. The molecule has 1 aromatic carbocycles. The topological polar surface area (TPSA) is 83.6 Å². The summed E-state index contributed by atoms with van der Waals surface area (Å²) in [4.78, 5) is 24.4. The second-order valence-electron chi connectivity index (χ2n) is 7.84. The molecule has 7 nitrogen and oxygen atoms in total. The van der Waals surface area contributed by atoms with Gasteiger partial charge >= 0.3 is 0 Å². The summed E-state index contributed by atoms with van der Waals surface area (Å²) in [5.41, 5.74) is 0.116. The largest absolute Gasteiger partial charge is 0.485 e. The van der Waals surface area contributed by atoms with Crippen LogP contribution in [0, 0.1) is 16.0 Å². The van der Waals surface area contributed by atoms with Crippen molar-refractivity contribution in [1.82, 2.24) is 4.57 Å². The minimum Gasteiger partial charge on any atom is -0.485 e. The summed E-state index contributed by atoms with van der Waals surface area (Å²) >= 11 is 0. The first-order valence-corrected chi connectivity index (χ1v) is 11.2. The van der Waals surface area contributed by atoms with Gasteiger partial charge in [0.2, 0.25) is 5.75 Å². The minimum atomic E-state index is -0.450. The number of hydrogen-bond acceptors (Lipinski definition) is 5. The highest BCUT2D eigenvalue weighted by atomic mass is 16.6. The third-order valence-corrected chi connectivity index (χ3v) is 5.31. The van der Waals surface area contributed by atoms with E-state index in [1.807, 2.05) is 26.8 Å². The van der Waals surface area contributed by atoms with Crippen molar-refractivity contribution < 1.29 is 14.4 Å². The Hall–Kier alpha value is -2.83. The third-order valence-electron chi connectivity index (χ3n) is 5.31. The van der Waals surface area contributed by atoms with Crippen LogP contribution < -0.4 is 15.0 Å². The first kappa shape index (κ1) is 24.4. The van der Waals surface area contributed by atoms with E-state index in [0.29, 0.717) is 47.9 Å². The van der Waals surface area contributed by atoms with Crippen LogP contribution in [0.4, 0.5) is 5.69 Å². The molecule has 0 aliphatic rings. The summed E-state index contributed by atoms with van der Waals surface area (Å²) in [6.07, 6.45) is 6.20. The van der Waals surface area contributed by atoms with E-state index in [1.165, 1.54) is 12.1 Å². The number of pyridine rings is 1. The second kappa shape index (κ2) is 11.5. The molecule has 31 heavy (non-hydrogen) atoms. The molecule has 0 N–H and O–H groups in total. The van der Waals surface area contributed by atoms with Gasteiger partial charge in [-0.25, -0.2) is 0 Å². The Balaban J connectivity index is 2.76. The van der Waals surface area contributed by atoms with Crippen LogP contribution in [0.1, 0.15) is 66.7 Å². The van der Waals surface area contributed by atoms with Crippen LogP contribution in [-0.4, -0.2) is 16.1 Å². The predicted molar refractivity (Wildman–Crippen MR) is 124 cm³/mol. The molecular weight excluding hydrogens is 396 g/mol. The third kappa shape index (κ3) is 5.87. The summed E-state index contributed by atoms with van der Waals surface area (Å²) in [5, 5.41) is 12.0. The number of aromatic nitrogens is 1. The smallest absolute Gasteiger partial charge is 0.297 e. The highest BCUT2D eigenvalue weighted by molar-refractivity contribution is 5.89. The van der Waals surface area contributed by atoms with Gasteiger partial charge in [-0.1, -0.05) is 40.5 Å². The summed E-state index contributed by atoms with van der Waals surface area (Å²) in [5.74, 6) is 1.51. The lowest BCUT2D eigenvalue weighted by atomic mass is 10.1. The summed E-state index contributed by atoms with van der Waals surface area (Å²) in [6.45, 7) is 10.9. The number of non-ortho nitro benzene ring substituents is 1. The van der Waals surface area contributed by atoms with Crippen molar-refractivity contribution in [3.05, 3.63) is 50.5 Å². The summed E-state index contributed by atoms with van der Waals surface area (Å²) in [6, 6.07) is 4.54. The molecule has 1 atom stereocenters. The first-order chi connectivity index (χ1) is 14.9. The van der Waals surface area contributed by atoms with Gasteiger partial charge in [-0.3, -0.25) is 14.9 Å². The monoisotopic (exact) mass is 430 g/mol. The van der Waals surface area contributed by atoms with Gasteiger partial charge in [0.25, 0.3) is 11.2 Å². The fourth-order valence-electron chi connectivity index (χ4n) is 3.54. The number of nitrogens with zero attached hydrogens (tertiary/aromatic N) is 2. The van der Waals surface area contributed by atoms with Gasteiger partial charge in [0, 0.05) is 30.5 Å². The molecule has 2 aromatic rings. The van der Waals surface area contributed by atoms with Gasteiger partial charge in [0.05, 0.1) is 22.8 Å². The number of fused-ring (bicyclic) bond motifs is 1. The Labute approximate surface area is 183 Å². The Kier molecular flexibility index (Phi) is 9.09. The number of unbranched alkanes of at least 4 members (excludes halogenated alkanes) is 1. The number of rotatable bonds is 12. The van der Waals surface area contributed by atoms with Gasteiger partial charge in [-0.2, -0.15) is 0 Å². The highest BCUT2D eigenvalue weighted by Crippen LogP contribution is 2.36. The van der Waals surface area contributed by atoms with Crippen molar-refractivity contribution in [1.29, 1.82) is 0 Å². The molecule has 1 unspecified atom stereocenters. The lowest BCUT2D eigenvalue weighted by Crippen LogP contribution is -2.25. The molecule has 0 aliphatic carbocycles. The summed E-state index contributed by atoms with van der Waals surface area (Å²) in [7, 11) is 0. The van der Waals surface area contributed by atoms with Crippen molar-refractivity contribution in [3.63, 3.8) is 0 Å². The van der Waals surface area contributed by atoms with Crippen LogP contribution in [-0.2, 0) is 6.54 Å². The van der Waals surface area contributed by atoms with Gasteiger partial charge in [-0.15, -0.1) is 0 Å². The average molecular weight is 431 g/mol. The van der Waals surface area contributed by atoms with Crippen molar-refractivity contribution in [3.8, 4) is 11.5 Å². The van der Waals surface area contributed by atoms with E-state index in [4.69, 9.17) is 9.47 Å². The normalized spacial score (nSPS) is 12.7. The number of hydrogen-bond donors (Lipinski definition) is 0. The molecule has 0 saturated heterocycles. The van der Waals surface area contributed by atoms with Gasteiger partial charge < -0.3 is 14.0 Å². The molecule has 170 valence electrons. The van der Waals surface area contributed by atoms with Crippen LogP contribution >= 0.6 is 0 Å². The molecule has 7 heteroatoms. The van der Waals surface area contributed by atoms with E-state index in [9.17, 15) is 14.9 Å². The van der Waals surface area contributed by atoms with E-state index >= 15 is 0 Å². The molecule has 0 fully saturated rings. The van der Waals surface area contributed by atoms with Gasteiger partial charge in [0.15, 0.2) is 5.75 Å². The van der Waals surface area contributed by atoms with Crippen LogP contribution in [0.3, 0.4) is 0 Å². The number of aryl methyl sites for hydroxylation is 1. The summed E-state index contributed by atoms with van der Waals surface area (Å²) < 4.78 is 13.8. The zero-order valence-corrected chi connectivity index (χ0v) is 19.3. The number of allylic oxidation sites excluding steroid dienone is 2. The van der Waals surface area contributed by atoms with Crippen molar-refractivity contribution in [2.45, 2.75) is 73.3 Å². The maximum Gasteiger partial charge on any atom is 0.297 e. The van der Waals surface area contributed by atoms with E-state index in [-0.39, 0.29) is 17.0 Å². The van der Waals surface area contributed by atoms with Crippen molar-refractivity contribution in [2.75, 3.05) is 6.61 Å². The van der Waals surface area contributed by atoms with Crippen LogP contribution in [0.25, 0.3) is 10.9 Å². The van der Waals surface area contributed by atoms with Crippen LogP contribution in [0.15, 0.2) is 34.8 Å². The quantitative estimate of drug-likeness (QED) is 0.227. The lowest BCUT2D eigenvalue weighted by molar-refractivity contribution is -0.384. The predicted octanol–water partition coefficient (Wildman–Crippen LogP) is 6.22. The molecule has 2 rings (SSSR count). The minimum absolute atomic E-state index is 0.0601. The first-order valence-electron chi connectivity index (χ1n) is 11.2. The number of nitro groups is 1. The molecule has 1 aromatic heterocycles. The molecular formula is C24H34N2O5. The van der Waals surface area contributed by atoms with Gasteiger partial charge in [-0.05, 0) is 37.8 Å². The fraction of sp³-hybridized carbons (Fsp3) is 0.542. The Morgan fingerprint density at radius 2 is 1.97 bits per heavy atom. The maximum atomic E-state index is 13.5. The second-order valence-corrected chi connectivity index (χ2v) is 7.84. The zero-order chi connectivity index (χ0) is 23.0. The Bertz CT molecular complexity index is 994. The standard InChI is InChI=1S/C24H34N2O5/c1-6-10-14-25-21-15-18(26(28)29)12-13-20(21)22(31-19(8-3)9-4)23(24(25)27)30-16-17(5)11-7-2/h8,12-13,15,17H,6-7,9-11,14,16H2,1-5H3. The Morgan fingerprint density at radius 1 is 1.23 bits per heavy atom.